The van der Waals surface area contributed by atoms with E-state index in [2.05, 4.69) is 11.9 Å². The molecule has 5 nitrogen and oxygen atoms in total. The Labute approximate surface area is 110 Å². The fourth-order valence-electron chi connectivity index (χ4n) is 2.78. The van der Waals surface area contributed by atoms with Crippen molar-refractivity contribution in [2.24, 2.45) is 11.7 Å². The lowest BCUT2D eigenvalue weighted by atomic mass is 9.72. The van der Waals surface area contributed by atoms with E-state index < -0.39 is 5.76 Å². The lowest BCUT2D eigenvalue weighted by Gasteiger charge is -2.43. The van der Waals surface area contributed by atoms with E-state index in [9.17, 15) is 4.79 Å². The molecule has 1 unspecified atom stereocenters. The molecule has 0 spiro atoms. The number of fused-ring (bicyclic) bond motifs is 1. The lowest BCUT2D eigenvalue weighted by molar-refractivity contribution is -0.0701. The molecule has 102 valence electrons. The molecule has 5 heteroatoms. The molecular weight excluding hydrogens is 244 g/mol. The third-order valence-corrected chi connectivity index (χ3v) is 3.93. The Hall–Kier alpha value is -1.59. The standard InChI is InChI=1S/C14H18N2O3/c1-9(6-15)5-14(7-18-8-14)10-2-3-11-12(4-10)19-13(17)16-11/h2-4,9H,5-8,15H2,1H3,(H,16,17). The third kappa shape index (κ3) is 2.09. The van der Waals surface area contributed by atoms with Crippen LogP contribution in [0.3, 0.4) is 0 Å². The fourth-order valence-corrected chi connectivity index (χ4v) is 2.78. The first-order valence-electron chi connectivity index (χ1n) is 6.54. The van der Waals surface area contributed by atoms with Crippen molar-refractivity contribution >= 4 is 11.1 Å². The third-order valence-electron chi connectivity index (χ3n) is 3.93. The van der Waals surface area contributed by atoms with Crippen LogP contribution in [0.1, 0.15) is 18.9 Å². The highest BCUT2D eigenvalue weighted by molar-refractivity contribution is 5.73. The van der Waals surface area contributed by atoms with Gasteiger partial charge in [-0.1, -0.05) is 13.0 Å². The van der Waals surface area contributed by atoms with Crippen LogP contribution in [-0.2, 0) is 10.2 Å². The lowest BCUT2D eigenvalue weighted by Crippen LogP contribution is -2.48. The molecule has 1 fully saturated rings. The average Bonchev–Trinajstić information content (AvgIpc) is 2.72. The highest BCUT2D eigenvalue weighted by Crippen LogP contribution is 2.39. The number of ether oxygens (including phenoxy) is 1. The number of aromatic amines is 1. The molecule has 2 aromatic rings. The van der Waals surface area contributed by atoms with Gasteiger partial charge in [-0.25, -0.2) is 4.79 Å². The van der Waals surface area contributed by atoms with E-state index in [0.29, 0.717) is 31.3 Å². The number of hydrogen-bond donors (Lipinski definition) is 2. The quantitative estimate of drug-likeness (QED) is 0.872. The van der Waals surface area contributed by atoms with Gasteiger partial charge in [0.05, 0.1) is 18.7 Å². The van der Waals surface area contributed by atoms with Gasteiger partial charge in [0.1, 0.15) is 0 Å². The van der Waals surface area contributed by atoms with Gasteiger partial charge in [0.25, 0.3) is 0 Å². The Balaban J connectivity index is 1.98. The Morgan fingerprint density at radius 3 is 2.89 bits per heavy atom. The van der Waals surface area contributed by atoms with Crippen LogP contribution in [0.4, 0.5) is 0 Å². The van der Waals surface area contributed by atoms with Gasteiger partial charge >= 0.3 is 5.76 Å². The van der Waals surface area contributed by atoms with E-state index in [1.54, 1.807) is 0 Å². The monoisotopic (exact) mass is 262 g/mol. The summed E-state index contributed by atoms with van der Waals surface area (Å²) in [5.41, 5.74) is 8.24. The molecule has 0 saturated carbocycles. The molecule has 1 aliphatic rings. The molecule has 1 saturated heterocycles. The van der Waals surface area contributed by atoms with E-state index in [4.69, 9.17) is 14.9 Å². The summed E-state index contributed by atoms with van der Waals surface area (Å²) in [6.07, 6.45) is 0.990. The summed E-state index contributed by atoms with van der Waals surface area (Å²) < 4.78 is 10.5. The van der Waals surface area contributed by atoms with Crippen LogP contribution in [0.5, 0.6) is 0 Å². The first-order chi connectivity index (χ1) is 9.13. The van der Waals surface area contributed by atoms with E-state index in [1.807, 2.05) is 18.2 Å². The number of nitrogens with two attached hydrogens (primary N) is 1. The maximum Gasteiger partial charge on any atom is 0.417 e. The average molecular weight is 262 g/mol. The van der Waals surface area contributed by atoms with Crippen molar-refractivity contribution < 1.29 is 9.15 Å². The van der Waals surface area contributed by atoms with Crippen LogP contribution in [0, 0.1) is 5.92 Å². The summed E-state index contributed by atoms with van der Waals surface area (Å²) in [5.74, 6) is 0.0271. The number of H-pyrrole nitrogens is 1. The molecular formula is C14H18N2O3. The van der Waals surface area contributed by atoms with Gasteiger partial charge < -0.3 is 14.9 Å². The number of rotatable bonds is 4. The number of oxazole rings is 1. The molecule has 0 amide bonds. The zero-order valence-electron chi connectivity index (χ0n) is 10.9. The van der Waals surface area contributed by atoms with E-state index in [0.717, 1.165) is 17.5 Å². The minimum absolute atomic E-state index is 0.0167. The van der Waals surface area contributed by atoms with E-state index in [1.165, 1.54) is 0 Å². The van der Waals surface area contributed by atoms with Gasteiger partial charge in [0.15, 0.2) is 5.58 Å². The van der Waals surface area contributed by atoms with Crippen molar-refractivity contribution in [1.82, 2.24) is 4.98 Å². The molecule has 1 aromatic heterocycles. The number of nitrogens with one attached hydrogen (secondary N) is 1. The molecule has 0 aliphatic carbocycles. The van der Waals surface area contributed by atoms with Crippen molar-refractivity contribution in [3.8, 4) is 0 Å². The first kappa shape index (κ1) is 12.4. The van der Waals surface area contributed by atoms with Gasteiger partial charge in [-0.05, 0) is 36.6 Å². The summed E-state index contributed by atoms with van der Waals surface area (Å²) in [7, 11) is 0. The van der Waals surface area contributed by atoms with Gasteiger partial charge in [-0.2, -0.15) is 0 Å². The van der Waals surface area contributed by atoms with E-state index >= 15 is 0 Å². The van der Waals surface area contributed by atoms with E-state index in [-0.39, 0.29) is 5.41 Å². The summed E-state index contributed by atoms with van der Waals surface area (Å²) in [4.78, 5) is 13.8. The molecule has 3 rings (SSSR count). The molecule has 2 heterocycles. The molecule has 19 heavy (non-hydrogen) atoms. The molecule has 1 atom stereocenters. The largest absolute Gasteiger partial charge is 0.417 e. The van der Waals surface area contributed by atoms with Gasteiger partial charge in [-0.3, -0.25) is 4.98 Å². The Kier molecular flexibility index (Phi) is 2.95. The van der Waals surface area contributed by atoms with Crippen molar-refractivity contribution in [1.29, 1.82) is 0 Å². The molecule has 1 aromatic carbocycles. The van der Waals surface area contributed by atoms with Gasteiger partial charge in [0, 0.05) is 5.41 Å². The second-order valence-electron chi connectivity index (χ2n) is 5.54. The Morgan fingerprint density at radius 2 is 2.26 bits per heavy atom. The van der Waals surface area contributed by atoms with Crippen molar-refractivity contribution in [2.75, 3.05) is 19.8 Å². The smallest absolute Gasteiger partial charge is 0.408 e. The Bertz CT molecular complexity index is 639. The predicted octanol–water partition coefficient (Wildman–Crippen LogP) is 1.37. The second-order valence-corrected chi connectivity index (χ2v) is 5.54. The summed E-state index contributed by atoms with van der Waals surface area (Å²) in [6.45, 7) is 4.23. The predicted molar refractivity (Wildman–Crippen MR) is 72.2 cm³/mol. The van der Waals surface area contributed by atoms with Crippen LogP contribution < -0.4 is 11.5 Å². The van der Waals surface area contributed by atoms with Crippen molar-refractivity contribution in [2.45, 2.75) is 18.8 Å². The highest BCUT2D eigenvalue weighted by Gasteiger charge is 2.41. The number of aromatic nitrogens is 1. The minimum atomic E-state index is -0.415. The molecule has 0 radical (unpaired) electrons. The van der Waals surface area contributed by atoms with Gasteiger partial charge in [-0.15, -0.1) is 0 Å². The van der Waals surface area contributed by atoms with Crippen LogP contribution in [0.15, 0.2) is 27.4 Å². The Morgan fingerprint density at radius 1 is 1.47 bits per heavy atom. The fraction of sp³-hybridized carbons (Fsp3) is 0.500. The SMILES string of the molecule is CC(CN)CC1(c2ccc3[nH]c(=O)oc3c2)COC1. The van der Waals surface area contributed by atoms with Crippen LogP contribution >= 0.6 is 0 Å². The number of hydrogen-bond acceptors (Lipinski definition) is 4. The minimum Gasteiger partial charge on any atom is -0.408 e. The maximum absolute atomic E-state index is 11.2. The zero-order valence-corrected chi connectivity index (χ0v) is 10.9. The molecule has 3 N–H and O–H groups in total. The normalized spacial score (nSPS) is 19.3. The van der Waals surface area contributed by atoms with Crippen molar-refractivity contribution in [3.63, 3.8) is 0 Å². The molecule has 0 bridgehead atoms. The van der Waals surface area contributed by atoms with Gasteiger partial charge in [0.2, 0.25) is 0 Å². The highest BCUT2D eigenvalue weighted by atomic mass is 16.5. The first-order valence-corrected chi connectivity index (χ1v) is 6.54. The summed E-state index contributed by atoms with van der Waals surface area (Å²) >= 11 is 0. The van der Waals surface area contributed by atoms with Crippen LogP contribution in [0.25, 0.3) is 11.1 Å². The van der Waals surface area contributed by atoms with Crippen LogP contribution in [0.2, 0.25) is 0 Å². The second kappa shape index (κ2) is 4.51. The molecule has 1 aliphatic heterocycles. The number of benzene rings is 1. The van der Waals surface area contributed by atoms with Crippen LogP contribution in [-0.4, -0.2) is 24.7 Å². The summed E-state index contributed by atoms with van der Waals surface area (Å²) in [6, 6.07) is 5.88. The topological polar surface area (TPSA) is 81.3 Å². The zero-order chi connectivity index (χ0) is 13.5. The van der Waals surface area contributed by atoms with Crippen molar-refractivity contribution in [3.05, 3.63) is 34.3 Å². The maximum atomic E-state index is 11.2. The summed E-state index contributed by atoms with van der Waals surface area (Å²) in [5, 5.41) is 0.